The van der Waals surface area contributed by atoms with Gasteiger partial charge in [0.25, 0.3) is 0 Å². The minimum absolute atomic E-state index is 0.0788. The van der Waals surface area contributed by atoms with Crippen LogP contribution in [0.2, 0.25) is 0 Å². The van der Waals surface area contributed by atoms with E-state index < -0.39 is 0 Å². The van der Waals surface area contributed by atoms with E-state index in [1.165, 1.54) is 0 Å². The number of hydrogen-bond acceptors (Lipinski definition) is 5. The van der Waals surface area contributed by atoms with Crippen LogP contribution in [0.1, 0.15) is 24.8 Å². The van der Waals surface area contributed by atoms with E-state index in [4.69, 9.17) is 0 Å². The molecule has 2 aliphatic rings. The summed E-state index contributed by atoms with van der Waals surface area (Å²) in [6.45, 7) is 2.55. The van der Waals surface area contributed by atoms with E-state index in [2.05, 4.69) is 20.9 Å². The molecule has 0 radical (unpaired) electrons. The number of fused-ring (bicyclic) bond motifs is 1. The minimum atomic E-state index is 0.0788. The predicted octanol–water partition coefficient (Wildman–Crippen LogP) is 1.20. The number of rotatable bonds is 2. The predicted molar refractivity (Wildman–Crippen MR) is 75.4 cm³/mol. The quantitative estimate of drug-likeness (QED) is 0.756. The summed E-state index contributed by atoms with van der Waals surface area (Å²) in [5.74, 6) is 0.780. The molecule has 0 aromatic carbocycles. The highest BCUT2D eigenvalue weighted by Gasteiger charge is 2.35. The topological polar surface area (TPSA) is 60.2 Å². The van der Waals surface area contributed by atoms with Crippen molar-refractivity contribution in [2.45, 2.75) is 31.3 Å². The Morgan fingerprint density at radius 1 is 1.40 bits per heavy atom. The van der Waals surface area contributed by atoms with Crippen molar-refractivity contribution in [2.24, 2.45) is 0 Å². The number of carbonyl (C=O) groups is 1. The Morgan fingerprint density at radius 2 is 2.30 bits per heavy atom. The fourth-order valence-electron chi connectivity index (χ4n) is 3.37. The van der Waals surface area contributed by atoms with Gasteiger partial charge >= 0.3 is 0 Å². The molecule has 0 aliphatic carbocycles. The van der Waals surface area contributed by atoms with Gasteiger partial charge in [-0.15, -0.1) is 0 Å². The van der Waals surface area contributed by atoms with E-state index in [1.54, 1.807) is 12.3 Å². The zero-order valence-electron chi connectivity index (χ0n) is 11.4. The third kappa shape index (κ3) is 2.27. The van der Waals surface area contributed by atoms with Crippen LogP contribution >= 0.6 is 0 Å². The van der Waals surface area contributed by atoms with E-state index >= 15 is 0 Å². The highest BCUT2D eigenvalue weighted by molar-refractivity contribution is 5.58. The van der Waals surface area contributed by atoms with Gasteiger partial charge in [-0.05, 0) is 31.4 Å². The number of aromatic nitrogens is 1. The van der Waals surface area contributed by atoms with E-state index in [1.807, 2.05) is 6.07 Å². The molecule has 0 N–H and O–H groups in total. The Bertz CT molecular complexity index is 539. The van der Waals surface area contributed by atoms with Crippen molar-refractivity contribution >= 4 is 12.1 Å². The monoisotopic (exact) mass is 270 g/mol. The zero-order chi connectivity index (χ0) is 13.9. The summed E-state index contributed by atoms with van der Waals surface area (Å²) in [5, 5.41) is 9.19. The van der Waals surface area contributed by atoms with Crippen LogP contribution in [0.25, 0.3) is 0 Å². The first-order valence-corrected chi connectivity index (χ1v) is 7.14. The number of piperidine rings is 1. The minimum Gasteiger partial charge on any atom is -0.353 e. The maximum Gasteiger partial charge on any atom is 0.146 e. The first kappa shape index (κ1) is 13.1. The third-order valence-corrected chi connectivity index (χ3v) is 4.36. The zero-order valence-corrected chi connectivity index (χ0v) is 11.4. The summed E-state index contributed by atoms with van der Waals surface area (Å²) in [5.41, 5.74) is 0.628. The molecule has 0 unspecified atom stereocenters. The molecule has 1 aromatic heterocycles. The standard InChI is InChI=1S/C15H18N4O/c16-9-12-3-2-6-17-15(12)18-7-8-19-13(10-18)4-1-5-14(19)11-20/h2-3,6,11,13-14H,1,4-5,7-8,10H2/t13-,14+/m0/s1. The van der Waals surface area contributed by atoms with Crippen molar-refractivity contribution in [3.8, 4) is 6.07 Å². The van der Waals surface area contributed by atoms with Gasteiger partial charge in [-0.3, -0.25) is 4.90 Å². The normalized spacial score (nSPS) is 26.6. The summed E-state index contributed by atoms with van der Waals surface area (Å²) in [6, 6.07) is 6.30. The summed E-state index contributed by atoms with van der Waals surface area (Å²) in [7, 11) is 0. The van der Waals surface area contributed by atoms with Crippen molar-refractivity contribution in [1.29, 1.82) is 5.26 Å². The molecule has 0 saturated carbocycles. The SMILES string of the molecule is N#Cc1cccnc1N1CCN2[C@@H](CCC[C@@H]2C=O)C1. The molecule has 2 fully saturated rings. The van der Waals surface area contributed by atoms with Crippen molar-refractivity contribution in [1.82, 2.24) is 9.88 Å². The number of piperazine rings is 1. The summed E-state index contributed by atoms with van der Waals surface area (Å²) < 4.78 is 0. The van der Waals surface area contributed by atoms with E-state index in [0.717, 1.165) is 51.0 Å². The Balaban J connectivity index is 1.79. The lowest BCUT2D eigenvalue weighted by Gasteiger charge is -2.47. The highest BCUT2D eigenvalue weighted by Crippen LogP contribution is 2.28. The van der Waals surface area contributed by atoms with Gasteiger partial charge in [0.15, 0.2) is 0 Å². The first-order chi connectivity index (χ1) is 9.83. The lowest BCUT2D eigenvalue weighted by atomic mass is 9.94. The average molecular weight is 270 g/mol. The van der Waals surface area contributed by atoms with Crippen molar-refractivity contribution in [3.63, 3.8) is 0 Å². The van der Waals surface area contributed by atoms with Crippen molar-refractivity contribution in [3.05, 3.63) is 23.9 Å². The fourth-order valence-corrected chi connectivity index (χ4v) is 3.37. The first-order valence-electron chi connectivity index (χ1n) is 7.14. The molecule has 5 heteroatoms. The summed E-state index contributed by atoms with van der Waals surface area (Å²) >= 11 is 0. The van der Waals surface area contributed by atoms with Crippen molar-refractivity contribution < 1.29 is 4.79 Å². The van der Waals surface area contributed by atoms with E-state index in [-0.39, 0.29) is 6.04 Å². The van der Waals surface area contributed by atoms with Gasteiger partial charge in [-0.25, -0.2) is 4.98 Å². The molecule has 2 aliphatic heterocycles. The second kappa shape index (κ2) is 5.59. The molecule has 5 nitrogen and oxygen atoms in total. The Hall–Kier alpha value is -1.93. The lowest BCUT2D eigenvalue weighted by molar-refractivity contribution is -0.115. The van der Waals surface area contributed by atoms with Gasteiger partial charge in [0.2, 0.25) is 0 Å². The van der Waals surface area contributed by atoms with Crippen LogP contribution in [0, 0.1) is 11.3 Å². The van der Waals surface area contributed by atoms with E-state index in [0.29, 0.717) is 11.6 Å². The van der Waals surface area contributed by atoms with Crippen molar-refractivity contribution in [2.75, 3.05) is 24.5 Å². The summed E-state index contributed by atoms with van der Waals surface area (Å²) in [4.78, 5) is 20.0. The highest BCUT2D eigenvalue weighted by atomic mass is 16.1. The number of anilines is 1. The second-order valence-corrected chi connectivity index (χ2v) is 5.46. The summed E-state index contributed by atoms with van der Waals surface area (Å²) in [6.07, 6.45) is 6.02. The van der Waals surface area contributed by atoms with Gasteiger partial charge in [-0.2, -0.15) is 5.26 Å². The average Bonchev–Trinajstić information content (AvgIpc) is 2.53. The van der Waals surface area contributed by atoms with Gasteiger partial charge in [0.1, 0.15) is 18.2 Å². The molecule has 0 spiro atoms. The van der Waals surface area contributed by atoms with Crippen LogP contribution in [-0.2, 0) is 4.79 Å². The van der Waals surface area contributed by atoms with Gasteiger partial charge in [0, 0.05) is 31.9 Å². The van der Waals surface area contributed by atoms with Crippen LogP contribution < -0.4 is 4.90 Å². The van der Waals surface area contributed by atoms with Crippen LogP contribution in [-0.4, -0.2) is 47.9 Å². The van der Waals surface area contributed by atoms with Crippen LogP contribution in [0.4, 0.5) is 5.82 Å². The maximum atomic E-state index is 11.2. The van der Waals surface area contributed by atoms with Crippen LogP contribution in [0.5, 0.6) is 0 Å². The number of hydrogen-bond donors (Lipinski definition) is 0. The maximum absolute atomic E-state index is 11.2. The van der Waals surface area contributed by atoms with Gasteiger partial charge < -0.3 is 9.69 Å². The molecule has 2 atom stereocenters. The Morgan fingerprint density at radius 3 is 3.10 bits per heavy atom. The second-order valence-electron chi connectivity index (χ2n) is 5.46. The Kier molecular flexibility index (Phi) is 3.66. The molecule has 20 heavy (non-hydrogen) atoms. The number of aldehydes is 1. The molecule has 3 rings (SSSR count). The smallest absolute Gasteiger partial charge is 0.146 e. The van der Waals surface area contributed by atoms with E-state index in [9.17, 15) is 10.1 Å². The lowest BCUT2D eigenvalue weighted by Crippen LogP contribution is -2.59. The fraction of sp³-hybridized carbons (Fsp3) is 0.533. The molecule has 0 bridgehead atoms. The third-order valence-electron chi connectivity index (χ3n) is 4.36. The number of carbonyl (C=O) groups excluding carboxylic acids is 1. The molecule has 2 saturated heterocycles. The molecule has 104 valence electrons. The number of nitriles is 1. The number of nitrogens with zero attached hydrogens (tertiary/aromatic N) is 4. The molecule has 3 heterocycles. The molecular weight excluding hydrogens is 252 g/mol. The van der Waals surface area contributed by atoms with Gasteiger partial charge in [0.05, 0.1) is 11.6 Å². The Labute approximate surface area is 118 Å². The van der Waals surface area contributed by atoms with Crippen LogP contribution in [0.15, 0.2) is 18.3 Å². The van der Waals surface area contributed by atoms with Gasteiger partial charge in [-0.1, -0.05) is 0 Å². The number of pyridine rings is 1. The molecule has 1 aromatic rings. The van der Waals surface area contributed by atoms with Crippen LogP contribution in [0.3, 0.4) is 0 Å². The largest absolute Gasteiger partial charge is 0.353 e. The molecule has 0 amide bonds. The molecular formula is C15H18N4O.